The molecule has 0 spiro atoms. The molecule has 0 bridgehead atoms. The van der Waals surface area contributed by atoms with E-state index in [4.69, 9.17) is 0 Å². The van der Waals surface area contributed by atoms with Crippen molar-refractivity contribution in [3.8, 4) is 0 Å². The number of carbonyl (C=O) groups is 2. The Hall–Kier alpha value is -3.88. The Bertz CT molecular complexity index is 1030. The lowest BCUT2D eigenvalue weighted by molar-refractivity contribution is 0.0600. The van der Waals surface area contributed by atoms with E-state index in [1.807, 2.05) is 0 Å². The van der Waals surface area contributed by atoms with Crippen molar-refractivity contribution in [1.29, 1.82) is 0 Å². The van der Waals surface area contributed by atoms with Gasteiger partial charge in [0.25, 0.3) is 5.91 Å². The van der Waals surface area contributed by atoms with Gasteiger partial charge in [-0.1, -0.05) is 6.07 Å². The van der Waals surface area contributed by atoms with Crippen molar-refractivity contribution in [2.75, 3.05) is 17.7 Å². The number of esters is 1. The van der Waals surface area contributed by atoms with Crippen LogP contribution in [0.15, 0.2) is 54.9 Å². The van der Waals surface area contributed by atoms with Crippen molar-refractivity contribution >= 4 is 29.2 Å². The van der Waals surface area contributed by atoms with Gasteiger partial charge in [-0.25, -0.2) is 23.5 Å². The Kier molecular flexibility index (Phi) is 5.54. The quantitative estimate of drug-likeness (QED) is 0.654. The van der Waals surface area contributed by atoms with E-state index in [-0.39, 0.29) is 17.2 Å². The first-order valence-electron chi connectivity index (χ1n) is 8.00. The maximum absolute atomic E-state index is 13.6. The lowest BCUT2D eigenvalue weighted by atomic mass is 10.2. The van der Waals surface area contributed by atoms with Crippen molar-refractivity contribution in [3.63, 3.8) is 0 Å². The number of anilines is 3. The third-order valence-corrected chi connectivity index (χ3v) is 3.63. The molecule has 0 aliphatic heterocycles. The zero-order chi connectivity index (χ0) is 20.1. The molecule has 9 heteroatoms. The number of halogens is 2. The first-order valence-corrected chi connectivity index (χ1v) is 8.00. The summed E-state index contributed by atoms with van der Waals surface area (Å²) in [6.45, 7) is 0. The molecule has 28 heavy (non-hydrogen) atoms. The van der Waals surface area contributed by atoms with Crippen molar-refractivity contribution in [2.24, 2.45) is 0 Å². The molecule has 3 rings (SSSR count). The second-order valence-corrected chi connectivity index (χ2v) is 5.57. The van der Waals surface area contributed by atoms with Crippen LogP contribution in [0.5, 0.6) is 0 Å². The maximum Gasteiger partial charge on any atom is 0.337 e. The summed E-state index contributed by atoms with van der Waals surface area (Å²) in [4.78, 5) is 31.7. The minimum atomic E-state index is -0.891. The van der Waals surface area contributed by atoms with Gasteiger partial charge in [0.15, 0.2) is 0 Å². The number of methoxy groups -OCH3 is 1. The number of benzene rings is 2. The Morgan fingerprint density at radius 3 is 2.43 bits per heavy atom. The Morgan fingerprint density at radius 2 is 1.75 bits per heavy atom. The average Bonchev–Trinajstić information content (AvgIpc) is 2.70. The Morgan fingerprint density at radius 1 is 1.00 bits per heavy atom. The normalized spacial score (nSPS) is 10.2. The zero-order valence-electron chi connectivity index (χ0n) is 14.6. The summed E-state index contributed by atoms with van der Waals surface area (Å²) < 4.78 is 31.2. The highest BCUT2D eigenvalue weighted by Gasteiger charge is 2.12. The minimum absolute atomic E-state index is 0.0811. The molecule has 1 heterocycles. The van der Waals surface area contributed by atoms with Crippen LogP contribution in [-0.4, -0.2) is 29.0 Å². The number of amides is 1. The van der Waals surface area contributed by atoms with Crippen molar-refractivity contribution < 1.29 is 23.1 Å². The Labute approximate surface area is 158 Å². The lowest BCUT2D eigenvalue weighted by Crippen LogP contribution is -2.14. The molecule has 0 saturated carbocycles. The summed E-state index contributed by atoms with van der Waals surface area (Å²) in [6.07, 6.45) is 2.49. The highest BCUT2D eigenvalue weighted by Crippen LogP contribution is 2.17. The summed E-state index contributed by atoms with van der Waals surface area (Å²) in [6, 6.07) is 9.34. The summed E-state index contributed by atoms with van der Waals surface area (Å²) in [5, 5.41) is 5.21. The van der Waals surface area contributed by atoms with Crippen molar-refractivity contribution in [3.05, 3.63) is 77.6 Å². The van der Waals surface area contributed by atoms with Gasteiger partial charge in [-0.05, 0) is 30.3 Å². The predicted molar refractivity (Wildman–Crippen MR) is 97.4 cm³/mol. The summed E-state index contributed by atoms with van der Waals surface area (Å²) in [5.74, 6) is -2.58. The molecule has 0 unspecified atom stereocenters. The van der Waals surface area contributed by atoms with Gasteiger partial charge in [0.2, 0.25) is 5.95 Å². The van der Waals surface area contributed by atoms with Crippen LogP contribution in [0.2, 0.25) is 0 Å². The van der Waals surface area contributed by atoms with Crippen LogP contribution >= 0.6 is 0 Å². The number of nitrogens with one attached hydrogen (secondary N) is 2. The molecule has 0 radical (unpaired) electrons. The molecule has 142 valence electrons. The molecule has 3 aromatic rings. The number of ether oxygens (including phenoxy) is 1. The number of hydrogen-bond acceptors (Lipinski definition) is 6. The molecule has 1 aromatic heterocycles. The van der Waals surface area contributed by atoms with Gasteiger partial charge in [0, 0.05) is 24.1 Å². The fraction of sp³-hybridized carbons (Fsp3) is 0.0526. The highest BCUT2D eigenvalue weighted by molar-refractivity contribution is 6.04. The average molecular weight is 384 g/mol. The van der Waals surface area contributed by atoms with E-state index >= 15 is 0 Å². The fourth-order valence-electron chi connectivity index (χ4n) is 2.27. The summed E-state index contributed by atoms with van der Waals surface area (Å²) >= 11 is 0. The van der Waals surface area contributed by atoms with Gasteiger partial charge in [-0.2, -0.15) is 0 Å². The van der Waals surface area contributed by atoms with Crippen LogP contribution in [0.1, 0.15) is 20.7 Å². The number of nitrogens with zero attached hydrogens (tertiary/aromatic N) is 2. The molecule has 7 nitrogen and oxygen atoms in total. The molecule has 1 amide bonds. The second kappa shape index (κ2) is 8.21. The molecular formula is C19H14F2N4O3. The van der Waals surface area contributed by atoms with E-state index in [2.05, 4.69) is 25.3 Å². The highest BCUT2D eigenvalue weighted by atomic mass is 19.1. The first kappa shape index (κ1) is 18.9. The summed E-state index contributed by atoms with van der Waals surface area (Å²) in [7, 11) is 1.28. The molecule has 0 atom stereocenters. The standard InChI is InChI=1S/C19H14F2N4O3/c1-28-18(27)11-3-2-4-14(7-11)24-19-22-9-12(10-23-19)17(26)25-16-6-5-13(20)8-15(16)21/h2-10H,1H3,(H,25,26)(H,22,23,24). The SMILES string of the molecule is COC(=O)c1cccc(Nc2ncc(C(=O)Nc3ccc(F)cc3F)cn2)c1. The van der Waals surface area contributed by atoms with Gasteiger partial charge >= 0.3 is 5.97 Å². The van der Waals surface area contributed by atoms with E-state index in [0.29, 0.717) is 17.3 Å². The molecule has 2 aromatic carbocycles. The van der Waals surface area contributed by atoms with Crippen LogP contribution in [0.3, 0.4) is 0 Å². The van der Waals surface area contributed by atoms with E-state index in [0.717, 1.165) is 12.1 Å². The van der Waals surface area contributed by atoms with Crippen molar-refractivity contribution in [1.82, 2.24) is 9.97 Å². The van der Waals surface area contributed by atoms with Gasteiger partial charge in [0.1, 0.15) is 11.6 Å². The third-order valence-electron chi connectivity index (χ3n) is 3.63. The topological polar surface area (TPSA) is 93.2 Å². The number of aromatic nitrogens is 2. The maximum atomic E-state index is 13.6. The number of carbonyl (C=O) groups excluding carboxylic acids is 2. The minimum Gasteiger partial charge on any atom is -0.465 e. The molecule has 0 aliphatic rings. The van der Waals surface area contributed by atoms with Crippen LogP contribution in [-0.2, 0) is 4.74 Å². The third kappa shape index (κ3) is 4.44. The van der Waals surface area contributed by atoms with E-state index in [1.165, 1.54) is 19.5 Å². The van der Waals surface area contributed by atoms with Gasteiger partial charge in [-0.3, -0.25) is 4.79 Å². The van der Waals surface area contributed by atoms with E-state index < -0.39 is 23.5 Å². The van der Waals surface area contributed by atoms with Gasteiger partial charge in [-0.15, -0.1) is 0 Å². The summed E-state index contributed by atoms with van der Waals surface area (Å²) in [5.41, 5.74) is 0.823. The van der Waals surface area contributed by atoms with E-state index in [9.17, 15) is 18.4 Å². The molecule has 0 saturated heterocycles. The number of hydrogen-bond donors (Lipinski definition) is 2. The molecular weight excluding hydrogens is 370 g/mol. The van der Waals surface area contributed by atoms with Crippen LogP contribution in [0.4, 0.5) is 26.1 Å². The smallest absolute Gasteiger partial charge is 0.337 e. The molecule has 0 fully saturated rings. The van der Waals surface area contributed by atoms with E-state index in [1.54, 1.807) is 24.3 Å². The predicted octanol–water partition coefficient (Wildman–Crippen LogP) is 3.54. The van der Waals surface area contributed by atoms with Crippen LogP contribution in [0.25, 0.3) is 0 Å². The fourth-order valence-corrected chi connectivity index (χ4v) is 2.27. The Balaban J connectivity index is 1.69. The molecule has 0 aliphatic carbocycles. The number of rotatable bonds is 5. The molecule has 2 N–H and O–H groups in total. The first-order chi connectivity index (χ1) is 13.5. The van der Waals surface area contributed by atoms with Crippen LogP contribution in [0, 0.1) is 11.6 Å². The van der Waals surface area contributed by atoms with Gasteiger partial charge < -0.3 is 15.4 Å². The zero-order valence-corrected chi connectivity index (χ0v) is 14.6. The van der Waals surface area contributed by atoms with Gasteiger partial charge in [0.05, 0.1) is 23.9 Å². The second-order valence-electron chi connectivity index (χ2n) is 5.57. The van der Waals surface area contributed by atoms with Crippen LogP contribution < -0.4 is 10.6 Å². The largest absolute Gasteiger partial charge is 0.465 e. The van der Waals surface area contributed by atoms with Crippen molar-refractivity contribution in [2.45, 2.75) is 0 Å². The lowest BCUT2D eigenvalue weighted by Gasteiger charge is -2.08. The monoisotopic (exact) mass is 384 g/mol.